The van der Waals surface area contributed by atoms with Gasteiger partial charge in [-0.25, -0.2) is 0 Å². The molecule has 116 valence electrons. The lowest BCUT2D eigenvalue weighted by Gasteiger charge is -2.07. The van der Waals surface area contributed by atoms with Crippen molar-refractivity contribution in [3.8, 4) is 0 Å². The van der Waals surface area contributed by atoms with Crippen molar-refractivity contribution < 1.29 is 22.7 Å². The highest BCUT2D eigenvalue weighted by molar-refractivity contribution is 7.90. The van der Waals surface area contributed by atoms with E-state index in [-0.39, 0.29) is 30.4 Å². The zero-order chi connectivity index (χ0) is 15.9. The lowest BCUT2D eigenvalue weighted by molar-refractivity contribution is -0.141. The molecule has 7 heteroatoms. The lowest BCUT2D eigenvalue weighted by atomic mass is 10.2. The van der Waals surface area contributed by atoms with Crippen LogP contribution in [0.5, 0.6) is 0 Å². The highest BCUT2D eigenvalue weighted by atomic mass is 32.2. The Balaban J connectivity index is 3.02. The fourth-order valence-electron chi connectivity index (χ4n) is 1.51. The van der Waals surface area contributed by atoms with Gasteiger partial charge in [-0.15, -0.1) is 4.40 Å². The Bertz CT molecular complexity index is 605. The third-order valence-corrected chi connectivity index (χ3v) is 3.76. The van der Waals surface area contributed by atoms with Gasteiger partial charge in [0.25, 0.3) is 10.0 Å². The van der Waals surface area contributed by atoms with Gasteiger partial charge >= 0.3 is 5.97 Å². The number of carbonyl (C=O) groups is 1. The number of ether oxygens (including phenoxy) is 2. The second-order valence-electron chi connectivity index (χ2n) is 4.19. The van der Waals surface area contributed by atoms with E-state index < -0.39 is 16.0 Å². The van der Waals surface area contributed by atoms with Gasteiger partial charge in [-0.2, -0.15) is 8.42 Å². The minimum absolute atomic E-state index is 0.0501. The Morgan fingerprint density at radius 1 is 1.10 bits per heavy atom. The Morgan fingerprint density at radius 3 is 2.19 bits per heavy atom. The minimum atomic E-state index is -3.90. The van der Waals surface area contributed by atoms with Gasteiger partial charge in [0, 0.05) is 0 Å². The molecule has 0 unspecified atom stereocenters. The van der Waals surface area contributed by atoms with Crippen LogP contribution >= 0.6 is 0 Å². The molecule has 1 aromatic rings. The van der Waals surface area contributed by atoms with Gasteiger partial charge in [0.1, 0.15) is 6.42 Å². The van der Waals surface area contributed by atoms with Crippen LogP contribution in [0.25, 0.3) is 0 Å². The second kappa shape index (κ2) is 7.78. The molecule has 0 aromatic heterocycles. The number of carbonyl (C=O) groups excluding carboxylic acids is 1. The van der Waals surface area contributed by atoms with Crippen LogP contribution in [0.1, 0.15) is 25.8 Å². The fourth-order valence-corrected chi connectivity index (χ4v) is 2.48. The van der Waals surface area contributed by atoms with Crippen LogP contribution in [0, 0.1) is 6.92 Å². The van der Waals surface area contributed by atoms with Crippen molar-refractivity contribution >= 4 is 21.9 Å². The summed E-state index contributed by atoms with van der Waals surface area (Å²) in [6, 6.07) is 6.27. The Labute approximate surface area is 124 Å². The Hall–Kier alpha value is -1.89. The zero-order valence-electron chi connectivity index (χ0n) is 12.3. The molecule has 1 rings (SSSR count). The molecule has 0 amide bonds. The molecule has 0 aliphatic heterocycles. The molecule has 0 bridgehead atoms. The maximum atomic E-state index is 12.1. The number of sulfonamides is 1. The van der Waals surface area contributed by atoms with Crippen molar-refractivity contribution in [2.24, 2.45) is 4.40 Å². The first-order valence-corrected chi connectivity index (χ1v) is 8.02. The highest BCUT2D eigenvalue weighted by Gasteiger charge is 2.17. The molecule has 0 aliphatic carbocycles. The van der Waals surface area contributed by atoms with Crippen LogP contribution in [-0.2, 0) is 24.3 Å². The van der Waals surface area contributed by atoms with Crippen molar-refractivity contribution in [1.29, 1.82) is 0 Å². The van der Waals surface area contributed by atoms with E-state index >= 15 is 0 Å². The summed E-state index contributed by atoms with van der Waals surface area (Å²) in [4.78, 5) is 11.5. The number of hydrogen-bond donors (Lipinski definition) is 0. The number of aryl methyl sites for hydroxylation is 1. The van der Waals surface area contributed by atoms with Gasteiger partial charge in [-0.05, 0) is 32.9 Å². The average Bonchev–Trinajstić information content (AvgIpc) is 2.39. The standard InChI is InChI=1S/C14H19NO5S/c1-4-19-13(10-14(16)20-5-2)15-21(17,18)12-8-6-11(3)7-9-12/h6-9H,4-5,10H2,1-3H3/b15-13+. The average molecular weight is 313 g/mol. The third-order valence-electron chi connectivity index (χ3n) is 2.45. The predicted octanol–water partition coefficient (Wildman–Crippen LogP) is 2.07. The van der Waals surface area contributed by atoms with E-state index in [0.29, 0.717) is 0 Å². The van der Waals surface area contributed by atoms with E-state index in [1.54, 1.807) is 26.0 Å². The van der Waals surface area contributed by atoms with E-state index in [4.69, 9.17) is 9.47 Å². The van der Waals surface area contributed by atoms with Crippen LogP contribution in [0.15, 0.2) is 33.6 Å². The maximum Gasteiger partial charge on any atom is 0.315 e. The van der Waals surface area contributed by atoms with Crippen molar-refractivity contribution in [2.75, 3.05) is 13.2 Å². The van der Waals surface area contributed by atoms with Crippen molar-refractivity contribution in [3.63, 3.8) is 0 Å². The number of benzene rings is 1. The fraction of sp³-hybridized carbons (Fsp3) is 0.429. The molecule has 0 heterocycles. The van der Waals surface area contributed by atoms with E-state index in [9.17, 15) is 13.2 Å². The summed E-state index contributed by atoms with van der Waals surface area (Å²) in [7, 11) is -3.90. The zero-order valence-corrected chi connectivity index (χ0v) is 13.1. The SMILES string of the molecule is CCOC(=O)C/C(=N\S(=O)(=O)c1ccc(C)cc1)OCC. The molecule has 0 aliphatic rings. The quantitative estimate of drug-likeness (QED) is 0.456. The van der Waals surface area contributed by atoms with Gasteiger partial charge < -0.3 is 9.47 Å². The maximum absolute atomic E-state index is 12.1. The molecule has 0 N–H and O–H groups in total. The topological polar surface area (TPSA) is 82.0 Å². The van der Waals surface area contributed by atoms with Gasteiger partial charge in [0.05, 0.1) is 18.1 Å². The van der Waals surface area contributed by atoms with Gasteiger partial charge in [-0.1, -0.05) is 17.7 Å². The normalized spacial score (nSPS) is 12.0. The molecule has 21 heavy (non-hydrogen) atoms. The van der Waals surface area contributed by atoms with Gasteiger partial charge in [0.15, 0.2) is 0 Å². The minimum Gasteiger partial charge on any atom is -0.480 e. The summed E-state index contributed by atoms with van der Waals surface area (Å²) in [6.07, 6.45) is -0.313. The summed E-state index contributed by atoms with van der Waals surface area (Å²) in [5, 5.41) is 0. The van der Waals surface area contributed by atoms with Crippen LogP contribution in [0.4, 0.5) is 0 Å². The molecule has 0 saturated carbocycles. The van der Waals surface area contributed by atoms with Crippen LogP contribution in [0.3, 0.4) is 0 Å². The van der Waals surface area contributed by atoms with Crippen molar-refractivity contribution in [1.82, 2.24) is 0 Å². The second-order valence-corrected chi connectivity index (χ2v) is 5.79. The third kappa shape index (κ3) is 5.55. The van der Waals surface area contributed by atoms with E-state index in [1.807, 2.05) is 6.92 Å². The van der Waals surface area contributed by atoms with E-state index in [0.717, 1.165) is 5.56 Å². The van der Waals surface area contributed by atoms with E-state index in [2.05, 4.69) is 4.40 Å². The predicted molar refractivity (Wildman–Crippen MR) is 78.7 cm³/mol. The molecule has 0 radical (unpaired) electrons. The molecule has 0 fully saturated rings. The number of hydrogen-bond acceptors (Lipinski definition) is 5. The summed E-state index contributed by atoms with van der Waals surface area (Å²) in [5.74, 6) is -0.750. The van der Waals surface area contributed by atoms with Crippen LogP contribution in [-0.4, -0.2) is 33.5 Å². The smallest absolute Gasteiger partial charge is 0.315 e. The summed E-state index contributed by atoms with van der Waals surface area (Å²) < 4.78 is 37.8. The Morgan fingerprint density at radius 2 is 1.67 bits per heavy atom. The first-order valence-electron chi connectivity index (χ1n) is 6.58. The lowest BCUT2D eigenvalue weighted by Crippen LogP contribution is -2.16. The molecular formula is C14H19NO5S. The monoisotopic (exact) mass is 313 g/mol. The Kier molecular flexibility index (Phi) is 6.36. The van der Waals surface area contributed by atoms with Gasteiger partial charge in [-0.3, -0.25) is 4.79 Å². The van der Waals surface area contributed by atoms with Crippen molar-refractivity contribution in [3.05, 3.63) is 29.8 Å². The number of esters is 1. The molecule has 0 atom stereocenters. The molecule has 6 nitrogen and oxygen atoms in total. The van der Waals surface area contributed by atoms with Crippen LogP contribution in [0.2, 0.25) is 0 Å². The molecular weight excluding hydrogens is 294 g/mol. The van der Waals surface area contributed by atoms with Crippen LogP contribution < -0.4 is 0 Å². The number of nitrogens with zero attached hydrogens (tertiary/aromatic N) is 1. The summed E-state index contributed by atoms with van der Waals surface area (Å²) >= 11 is 0. The summed E-state index contributed by atoms with van der Waals surface area (Å²) in [6.45, 7) is 5.62. The highest BCUT2D eigenvalue weighted by Crippen LogP contribution is 2.14. The largest absolute Gasteiger partial charge is 0.480 e. The molecule has 0 spiro atoms. The number of rotatable bonds is 6. The first-order chi connectivity index (χ1) is 9.89. The van der Waals surface area contributed by atoms with Crippen molar-refractivity contribution in [2.45, 2.75) is 32.1 Å². The molecule has 1 aromatic carbocycles. The first kappa shape index (κ1) is 17.2. The van der Waals surface area contributed by atoms with Gasteiger partial charge in [0.2, 0.25) is 5.90 Å². The van der Waals surface area contributed by atoms with E-state index in [1.165, 1.54) is 12.1 Å². The molecule has 0 saturated heterocycles. The summed E-state index contributed by atoms with van der Waals surface area (Å²) in [5.41, 5.74) is 0.939.